The largest absolute Gasteiger partial charge is 0.478 e. The lowest BCUT2D eigenvalue weighted by Crippen LogP contribution is -2.06. The summed E-state index contributed by atoms with van der Waals surface area (Å²) in [6, 6.07) is 5.48. The van der Waals surface area contributed by atoms with E-state index in [1.165, 1.54) is 35.6 Å². The fraction of sp³-hybridized carbons (Fsp3) is 0.154. The molecule has 1 unspecified atom stereocenters. The highest BCUT2D eigenvalue weighted by atomic mass is 32.1. The highest BCUT2D eigenvalue weighted by Gasteiger charge is 2.21. The maximum Gasteiger partial charge on any atom is 0.336 e. The number of aryl methyl sites for hydroxylation is 1. The number of benzene rings is 1. The van der Waals surface area contributed by atoms with E-state index < -0.39 is 12.1 Å². The molecule has 0 spiro atoms. The monoisotopic (exact) mass is 266 g/mol. The average Bonchev–Trinajstić information content (AvgIpc) is 2.77. The fourth-order valence-corrected chi connectivity index (χ4v) is 2.69. The molecule has 3 nitrogen and oxygen atoms in total. The number of thiophene rings is 1. The van der Waals surface area contributed by atoms with Crippen LogP contribution in [0.5, 0.6) is 0 Å². The lowest BCUT2D eigenvalue weighted by Gasteiger charge is -2.13. The summed E-state index contributed by atoms with van der Waals surface area (Å²) in [6.45, 7) is 1.68. The zero-order chi connectivity index (χ0) is 13.3. The van der Waals surface area contributed by atoms with E-state index in [0.717, 1.165) is 0 Å². The van der Waals surface area contributed by atoms with E-state index in [1.54, 1.807) is 12.3 Å². The van der Waals surface area contributed by atoms with Crippen molar-refractivity contribution in [2.24, 2.45) is 0 Å². The molecule has 0 amide bonds. The van der Waals surface area contributed by atoms with Crippen LogP contribution in [0.15, 0.2) is 29.6 Å². The number of rotatable bonds is 3. The number of carboxylic acid groups (broad SMARTS) is 1. The molecule has 2 N–H and O–H groups in total. The lowest BCUT2D eigenvalue weighted by atomic mass is 10.0. The summed E-state index contributed by atoms with van der Waals surface area (Å²) in [4.78, 5) is 11.4. The van der Waals surface area contributed by atoms with Gasteiger partial charge in [-0.2, -0.15) is 0 Å². The van der Waals surface area contributed by atoms with Crippen molar-refractivity contribution < 1.29 is 19.4 Å². The van der Waals surface area contributed by atoms with Crippen molar-refractivity contribution in [1.82, 2.24) is 0 Å². The highest BCUT2D eigenvalue weighted by Crippen LogP contribution is 2.31. The van der Waals surface area contributed by atoms with Gasteiger partial charge in [0.25, 0.3) is 0 Å². The van der Waals surface area contributed by atoms with Crippen LogP contribution in [-0.2, 0) is 0 Å². The van der Waals surface area contributed by atoms with Crippen molar-refractivity contribution in [2.75, 3.05) is 0 Å². The van der Waals surface area contributed by atoms with Crippen LogP contribution in [0.3, 0.4) is 0 Å². The molecule has 5 heteroatoms. The van der Waals surface area contributed by atoms with Gasteiger partial charge in [0.1, 0.15) is 11.9 Å². The summed E-state index contributed by atoms with van der Waals surface area (Å²) >= 11 is 1.17. The second-order valence-electron chi connectivity index (χ2n) is 3.91. The van der Waals surface area contributed by atoms with Crippen molar-refractivity contribution in [3.05, 3.63) is 57.0 Å². The highest BCUT2D eigenvalue weighted by molar-refractivity contribution is 7.10. The van der Waals surface area contributed by atoms with E-state index in [1.807, 2.05) is 0 Å². The third-order valence-electron chi connectivity index (χ3n) is 2.70. The van der Waals surface area contributed by atoms with Gasteiger partial charge in [-0.3, -0.25) is 0 Å². The fourth-order valence-electron chi connectivity index (χ4n) is 1.80. The number of carboxylic acids is 1. The van der Waals surface area contributed by atoms with Gasteiger partial charge in [0.2, 0.25) is 0 Å². The van der Waals surface area contributed by atoms with Crippen LogP contribution in [0.1, 0.15) is 32.5 Å². The standard InChI is InChI=1S/C13H11FO3S/c1-7-6-8(14)2-3-9(7)11(15)12-10(13(16)17)4-5-18-12/h2-6,11,15H,1H3,(H,16,17). The van der Waals surface area contributed by atoms with E-state index >= 15 is 0 Å². The second kappa shape index (κ2) is 4.88. The Labute approximate surface area is 107 Å². The molecule has 0 saturated heterocycles. The Morgan fingerprint density at radius 1 is 1.39 bits per heavy atom. The summed E-state index contributed by atoms with van der Waals surface area (Å²) < 4.78 is 13.0. The Hall–Kier alpha value is -1.72. The van der Waals surface area contributed by atoms with E-state index in [0.29, 0.717) is 16.0 Å². The summed E-state index contributed by atoms with van der Waals surface area (Å²) in [5.41, 5.74) is 1.19. The van der Waals surface area contributed by atoms with Crippen molar-refractivity contribution in [3.63, 3.8) is 0 Å². The van der Waals surface area contributed by atoms with Crippen LogP contribution < -0.4 is 0 Å². The summed E-state index contributed by atoms with van der Waals surface area (Å²) in [5, 5.41) is 20.8. The van der Waals surface area contributed by atoms with Gasteiger partial charge in [-0.15, -0.1) is 11.3 Å². The number of halogens is 1. The Bertz CT molecular complexity index is 592. The summed E-state index contributed by atoms with van der Waals surface area (Å²) in [7, 11) is 0. The Morgan fingerprint density at radius 2 is 2.11 bits per heavy atom. The van der Waals surface area contributed by atoms with Crippen molar-refractivity contribution >= 4 is 17.3 Å². The van der Waals surface area contributed by atoms with Crippen LogP contribution in [0, 0.1) is 12.7 Å². The van der Waals surface area contributed by atoms with E-state index in [-0.39, 0.29) is 11.4 Å². The predicted molar refractivity (Wildman–Crippen MR) is 66.5 cm³/mol. The van der Waals surface area contributed by atoms with Gasteiger partial charge in [0.15, 0.2) is 0 Å². The molecule has 94 valence electrons. The number of carbonyl (C=O) groups is 1. The van der Waals surface area contributed by atoms with E-state index in [9.17, 15) is 14.3 Å². The SMILES string of the molecule is Cc1cc(F)ccc1C(O)c1sccc1C(=O)O. The van der Waals surface area contributed by atoms with Gasteiger partial charge in [-0.25, -0.2) is 9.18 Å². The first kappa shape index (κ1) is 12.7. The normalized spacial score (nSPS) is 12.4. The van der Waals surface area contributed by atoms with Gasteiger partial charge in [0, 0.05) is 0 Å². The predicted octanol–water partition coefficient (Wildman–Crippen LogP) is 2.98. The molecule has 0 fully saturated rings. The number of aromatic carboxylic acids is 1. The van der Waals surface area contributed by atoms with Crippen molar-refractivity contribution in [2.45, 2.75) is 13.0 Å². The first-order chi connectivity index (χ1) is 8.50. The minimum absolute atomic E-state index is 0.0798. The lowest BCUT2D eigenvalue weighted by molar-refractivity contribution is 0.0692. The molecule has 0 aliphatic rings. The molecule has 2 rings (SSSR count). The second-order valence-corrected chi connectivity index (χ2v) is 4.85. The zero-order valence-electron chi connectivity index (χ0n) is 9.55. The Kier molecular flexibility index (Phi) is 3.45. The summed E-state index contributed by atoms with van der Waals surface area (Å²) in [5.74, 6) is -1.46. The van der Waals surface area contributed by atoms with E-state index in [2.05, 4.69) is 0 Å². The maximum absolute atomic E-state index is 13.0. The molecule has 1 heterocycles. The van der Waals surface area contributed by atoms with E-state index in [4.69, 9.17) is 5.11 Å². The molecule has 0 radical (unpaired) electrons. The first-order valence-electron chi connectivity index (χ1n) is 5.25. The van der Waals surface area contributed by atoms with Crippen LogP contribution in [0.2, 0.25) is 0 Å². The van der Waals surface area contributed by atoms with Gasteiger partial charge < -0.3 is 10.2 Å². The maximum atomic E-state index is 13.0. The van der Waals surface area contributed by atoms with Crippen molar-refractivity contribution in [3.8, 4) is 0 Å². The van der Waals surface area contributed by atoms with Gasteiger partial charge in [0.05, 0.1) is 10.4 Å². The smallest absolute Gasteiger partial charge is 0.336 e. The van der Waals surface area contributed by atoms with Crippen LogP contribution >= 0.6 is 11.3 Å². The average molecular weight is 266 g/mol. The molecule has 0 aliphatic heterocycles. The molecule has 18 heavy (non-hydrogen) atoms. The molecule has 1 aromatic heterocycles. The van der Waals surface area contributed by atoms with Crippen LogP contribution in [0.4, 0.5) is 4.39 Å². The molecular weight excluding hydrogens is 255 g/mol. The van der Waals surface area contributed by atoms with Crippen LogP contribution in [0.25, 0.3) is 0 Å². The molecule has 0 saturated carbocycles. The molecule has 1 atom stereocenters. The quantitative estimate of drug-likeness (QED) is 0.898. The minimum Gasteiger partial charge on any atom is -0.478 e. The van der Waals surface area contributed by atoms with Gasteiger partial charge in [-0.1, -0.05) is 6.07 Å². The molecule has 0 bridgehead atoms. The Morgan fingerprint density at radius 3 is 2.72 bits per heavy atom. The zero-order valence-corrected chi connectivity index (χ0v) is 10.4. The molecule has 0 aliphatic carbocycles. The minimum atomic E-state index is -1.08. The third kappa shape index (κ3) is 2.27. The Balaban J connectivity index is 2.44. The van der Waals surface area contributed by atoms with Gasteiger partial charge in [-0.05, 0) is 41.6 Å². The number of hydrogen-bond donors (Lipinski definition) is 2. The third-order valence-corrected chi connectivity index (χ3v) is 3.67. The topological polar surface area (TPSA) is 57.5 Å². The number of hydrogen-bond acceptors (Lipinski definition) is 3. The number of aliphatic hydroxyl groups is 1. The molecular formula is C13H11FO3S. The molecule has 2 aromatic rings. The van der Waals surface area contributed by atoms with Crippen molar-refractivity contribution in [1.29, 1.82) is 0 Å². The van der Waals surface area contributed by atoms with Crippen LogP contribution in [-0.4, -0.2) is 16.2 Å². The molecule has 1 aromatic carbocycles. The van der Waals surface area contributed by atoms with Gasteiger partial charge >= 0.3 is 5.97 Å². The first-order valence-corrected chi connectivity index (χ1v) is 6.13. The summed E-state index contributed by atoms with van der Waals surface area (Å²) in [6.07, 6.45) is -1.04. The number of aliphatic hydroxyl groups excluding tert-OH is 1.